The SMILES string of the molecule is COc1cccc(CN=Cc2ccccc2O)c1. The van der Waals surface area contributed by atoms with E-state index in [0.717, 1.165) is 16.9 Å². The predicted molar refractivity (Wildman–Crippen MR) is 72.4 cm³/mol. The predicted octanol–water partition coefficient (Wildman–Crippen LogP) is 3.02. The van der Waals surface area contributed by atoms with Gasteiger partial charge in [-0.25, -0.2) is 0 Å². The molecule has 1 N–H and O–H groups in total. The van der Waals surface area contributed by atoms with E-state index < -0.39 is 0 Å². The van der Waals surface area contributed by atoms with Crippen molar-refractivity contribution in [3.63, 3.8) is 0 Å². The minimum atomic E-state index is 0.242. The van der Waals surface area contributed by atoms with Gasteiger partial charge in [-0.3, -0.25) is 4.99 Å². The lowest BCUT2D eigenvalue weighted by molar-refractivity contribution is 0.414. The van der Waals surface area contributed by atoms with Gasteiger partial charge in [0.2, 0.25) is 0 Å². The Morgan fingerprint density at radius 1 is 1.17 bits per heavy atom. The van der Waals surface area contributed by atoms with Gasteiger partial charge in [0.25, 0.3) is 0 Å². The Morgan fingerprint density at radius 2 is 2.00 bits per heavy atom. The normalized spacial score (nSPS) is 10.7. The van der Waals surface area contributed by atoms with Crippen LogP contribution in [-0.4, -0.2) is 18.4 Å². The molecule has 2 aromatic carbocycles. The molecule has 0 atom stereocenters. The van der Waals surface area contributed by atoms with Crippen LogP contribution in [0.2, 0.25) is 0 Å². The van der Waals surface area contributed by atoms with Crippen molar-refractivity contribution in [3.8, 4) is 11.5 Å². The van der Waals surface area contributed by atoms with Crippen LogP contribution >= 0.6 is 0 Å². The number of aliphatic imine (C=N–C) groups is 1. The molecule has 0 bridgehead atoms. The summed E-state index contributed by atoms with van der Waals surface area (Å²) in [6.07, 6.45) is 1.68. The molecule has 0 heterocycles. The topological polar surface area (TPSA) is 41.8 Å². The third-order valence-electron chi connectivity index (χ3n) is 2.58. The molecule has 0 amide bonds. The van der Waals surface area contributed by atoms with Gasteiger partial charge in [0.1, 0.15) is 11.5 Å². The molecule has 2 aromatic rings. The maximum atomic E-state index is 9.58. The Balaban J connectivity index is 2.05. The second-order valence-corrected chi connectivity index (χ2v) is 3.88. The van der Waals surface area contributed by atoms with Crippen LogP contribution in [0.15, 0.2) is 53.5 Å². The quantitative estimate of drug-likeness (QED) is 0.836. The number of methoxy groups -OCH3 is 1. The second kappa shape index (κ2) is 5.87. The van der Waals surface area contributed by atoms with Crippen molar-refractivity contribution in [1.82, 2.24) is 0 Å². The molecular formula is C15H15NO2. The van der Waals surface area contributed by atoms with Crippen molar-refractivity contribution in [2.75, 3.05) is 7.11 Å². The Hall–Kier alpha value is -2.29. The highest BCUT2D eigenvalue weighted by molar-refractivity contribution is 5.83. The standard InChI is InChI=1S/C15H15NO2/c1-18-14-7-4-5-12(9-14)10-16-11-13-6-2-3-8-15(13)17/h2-9,11,17H,10H2,1H3. The zero-order valence-corrected chi connectivity index (χ0v) is 10.2. The molecule has 0 aromatic heterocycles. The summed E-state index contributed by atoms with van der Waals surface area (Å²) in [5.41, 5.74) is 1.79. The summed E-state index contributed by atoms with van der Waals surface area (Å²) in [5.74, 6) is 1.07. The van der Waals surface area contributed by atoms with E-state index in [-0.39, 0.29) is 5.75 Å². The van der Waals surface area contributed by atoms with E-state index in [2.05, 4.69) is 4.99 Å². The first kappa shape index (κ1) is 12.2. The van der Waals surface area contributed by atoms with Gasteiger partial charge in [0.15, 0.2) is 0 Å². The van der Waals surface area contributed by atoms with Crippen LogP contribution in [0.5, 0.6) is 11.5 Å². The first-order valence-corrected chi connectivity index (χ1v) is 5.70. The van der Waals surface area contributed by atoms with Gasteiger partial charge in [0, 0.05) is 11.8 Å². The molecule has 92 valence electrons. The number of hydrogen-bond donors (Lipinski definition) is 1. The van der Waals surface area contributed by atoms with Gasteiger partial charge in [-0.1, -0.05) is 24.3 Å². The van der Waals surface area contributed by atoms with Gasteiger partial charge in [-0.2, -0.15) is 0 Å². The van der Waals surface area contributed by atoms with Crippen LogP contribution in [0.1, 0.15) is 11.1 Å². The molecule has 3 heteroatoms. The van der Waals surface area contributed by atoms with E-state index in [1.54, 1.807) is 25.5 Å². The fourth-order valence-corrected chi connectivity index (χ4v) is 1.62. The maximum Gasteiger partial charge on any atom is 0.124 e. The van der Waals surface area contributed by atoms with Crippen LogP contribution in [0.3, 0.4) is 0 Å². The lowest BCUT2D eigenvalue weighted by Crippen LogP contribution is -1.87. The third-order valence-corrected chi connectivity index (χ3v) is 2.58. The number of para-hydroxylation sites is 1. The van der Waals surface area contributed by atoms with Crippen LogP contribution in [0, 0.1) is 0 Å². The molecule has 0 spiro atoms. The summed E-state index contributed by atoms with van der Waals surface area (Å²) < 4.78 is 5.15. The van der Waals surface area contributed by atoms with Crippen molar-refractivity contribution in [1.29, 1.82) is 0 Å². The van der Waals surface area contributed by atoms with E-state index in [0.29, 0.717) is 6.54 Å². The number of phenolic OH excluding ortho intramolecular Hbond substituents is 1. The lowest BCUT2D eigenvalue weighted by atomic mass is 10.2. The third kappa shape index (κ3) is 3.10. The van der Waals surface area contributed by atoms with Crippen LogP contribution in [0.25, 0.3) is 0 Å². The number of phenols is 1. The first-order valence-electron chi connectivity index (χ1n) is 5.70. The lowest BCUT2D eigenvalue weighted by Gasteiger charge is -2.01. The summed E-state index contributed by atoms with van der Waals surface area (Å²) >= 11 is 0. The average molecular weight is 241 g/mol. The number of ether oxygens (including phenoxy) is 1. The molecule has 0 aliphatic carbocycles. The van der Waals surface area contributed by atoms with E-state index in [1.807, 2.05) is 36.4 Å². The Kier molecular flexibility index (Phi) is 3.97. The van der Waals surface area contributed by atoms with Crippen molar-refractivity contribution in [2.45, 2.75) is 6.54 Å². The Bertz CT molecular complexity index is 550. The fourth-order valence-electron chi connectivity index (χ4n) is 1.62. The summed E-state index contributed by atoms with van der Waals surface area (Å²) in [4.78, 5) is 4.31. The largest absolute Gasteiger partial charge is 0.507 e. The van der Waals surface area contributed by atoms with Crippen molar-refractivity contribution >= 4 is 6.21 Å². The zero-order valence-electron chi connectivity index (χ0n) is 10.2. The zero-order chi connectivity index (χ0) is 12.8. The maximum absolute atomic E-state index is 9.58. The summed E-state index contributed by atoms with van der Waals surface area (Å²) in [5, 5.41) is 9.58. The average Bonchev–Trinajstić information content (AvgIpc) is 2.41. The Labute approximate surface area is 106 Å². The number of aromatic hydroxyl groups is 1. The van der Waals surface area contributed by atoms with E-state index in [4.69, 9.17) is 4.74 Å². The number of benzene rings is 2. The molecule has 0 unspecified atom stereocenters. The number of nitrogens with zero attached hydrogens (tertiary/aromatic N) is 1. The van der Waals surface area contributed by atoms with Gasteiger partial charge < -0.3 is 9.84 Å². The van der Waals surface area contributed by atoms with Crippen LogP contribution in [0.4, 0.5) is 0 Å². The molecule has 2 rings (SSSR count). The molecular weight excluding hydrogens is 226 g/mol. The van der Waals surface area contributed by atoms with E-state index in [9.17, 15) is 5.11 Å². The van der Waals surface area contributed by atoms with Crippen LogP contribution < -0.4 is 4.74 Å². The molecule has 0 aliphatic heterocycles. The number of rotatable bonds is 4. The fraction of sp³-hybridized carbons (Fsp3) is 0.133. The molecule has 3 nitrogen and oxygen atoms in total. The molecule has 0 fully saturated rings. The number of hydrogen-bond acceptors (Lipinski definition) is 3. The van der Waals surface area contributed by atoms with Crippen molar-refractivity contribution < 1.29 is 9.84 Å². The molecule has 0 aliphatic rings. The van der Waals surface area contributed by atoms with Crippen LogP contribution in [-0.2, 0) is 6.54 Å². The monoisotopic (exact) mass is 241 g/mol. The van der Waals surface area contributed by atoms with Gasteiger partial charge in [0.05, 0.1) is 13.7 Å². The first-order chi connectivity index (χ1) is 8.79. The highest BCUT2D eigenvalue weighted by atomic mass is 16.5. The summed E-state index contributed by atoms with van der Waals surface area (Å²) in [6.45, 7) is 0.561. The highest BCUT2D eigenvalue weighted by Gasteiger charge is 1.96. The van der Waals surface area contributed by atoms with E-state index in [1.165, 1.54) is 0 Å². The molecule has 0 saturated carbocycles. The highest BCUT2D eigenvalue weighted by Crippen LogP contribution is 2.15. The van der Waals surface area contributed by atoms with E-state index >= 15 is 0 Å². The minimum Gasteiger partial charge on any atom is -0.507 e. The molecule has 0 saturated heterocycles. The molecule has 18 heavy (non-hydrogen) atoms. The van der Waals surface area contributed by atoms with Crippen molar-refractivity contribution in [3.05, 3.63) is 59.7 Å². The second-order valence-electron chi connectivity index (χ2n) is 3.88. The van der Waals surface area contributed by atoms with Gasteiger partial charge in [-0.15, -0.1) is 0 Å². The summed E-state index contributed by atoms with van der Waals surface area (Å²) in [6, 6.07) is 14.9. The molecule has 0 radical (unpaired) electrons. The smallest absolute Gasteiger partial charge is 0.124 e. The summed E-state index contributed by atoms with van der Waals surface area (Å²) in [7, 11) is 1.64. The Morgan fingerprint density at radius 3 is 2.78 bits per heavy atom. The van der Waals surface area contributed by atoms with Crippen molar-refractivity contribution in [2.24, 2.45) is 4.99 Å². The minimum absolute atomic E-state index is 0.242. The van der Waals surface area contributed by atoms with Gasteiger partial charge in [-0.05, 0) is 29.8 Å². The van der Waals surface area contributed by atoms with Gasteiger partial charge >= 0.3 is 0 Å².